The molecule has 3 aromatic rings. The summed E-state index contributed by atoms with van der Waals surface area (Å²) >= 11 is 0. The molecular weight excluding hydrogens is 474 g/mol. The van der Waals surface area contributed by atoms with Gasteiger partial charge in [-0.15, -0.1) is 0 Å². The zero-order chi connectivity index (χ0) is 26.2. The Bertz CT molecular complexity index is 1330. The molecule has 5 rings (SSSR count). The van der Waals surface area contributed by atoms with Crippen LogP contribution < -0.4 is 10.2 Å². The Morgan fingerprint density at radius 3 is 2.43 bits per heavy atom. The van der Waals surface area contributed by atoms with E-state index >= 15 is 0 Å². The number of benzene rings is 3. The summed E-state index contributed by atoms with van der Waals surface area (Å²) < 4.78 is 32.3. The van der Waals surface area contributed by atoms with Crippen LogP contribution in [-0.4, -0.2) is 25.5 Å². The molecule has 2 aliphatic rings. The van der Waals surface area contributed by atoms with Gasteiger partial charge < -0.3 is 15.0 Å². The minimum Gasteiger partial charge on any atom is -0.465 e. The number of para-hydroxylation sites is 1. The number of rotatable bonds is 6. The third-order valence-corrected chi connectivity index (χ3v) is 7.76. The molecule has 37 heavy (non-hydrogen) atoms. The van der Waals surface area contributed by atoms with Gasteiger partial charge in [-0.3, -0.25) is 4.79 Å². The molecule has 0 unspecified atom stereocenters. The minimum absolute atomic E-state index is 0.0282. The number of nitrogens with zero attached hydrogens (tertiary/aromatic N) is 1. The van der Waals surface area contributed by atoms with Crippen molar-refractivity contribution in [3.8, 4) is 0 Å². The third-order valence-electron chi connectivity index (χ3n) is 7.76. The molecule has 1 aliphatic heterocycles. The van der Waals surface area contributed by atoms with Crippen molar-refractivity contribution >= 4 is 17.6 Å². The largest absolute Gasteiger partial charge is 0.465 e. The predicted octanol–water partition coefficient (Wildman–Crippen LogP) is 6.07. The molecule has 1 spiro atoms. The topological polar surface area (TPSA) is 58.6 Å². The standard InChI is InChI=1S/C30H30F2N2O3/c1-19(21-9-11-22(12-10-21)29(36)37-2)33-28(35)23-6-5-7-24-27(23)34(18-30(24)14-3-4-15-30)17-20-8-13-25(31)26(32)16-20/h5-13,16,19H,3-4,14-15,17-18H2,1-2H3,(H,33,35)/t19-/m0/s1. The molecule has 5 nitrogen and oxygen atoms in total. The van der Waals surface area contributed by atoms with Crippen LogP contribution in [0.2, 0.25) is 0 Å². The van der Waals surface area contributed by atoms with E-state index in [0.29, 0.717) is 23.2 Å². The number of halogens is 2. The molecular formula is C30H30F2N2O3. The van der Waals surface area contributed by atoms with Gasteiger partial charge in [0.2, 0.25) is 0 Å². The smallest absolute Gasteiger partial charge is 0.337 e. The Balaban J connectivity index is 1.44. The first-order chi connectivity index (χ1) is 17.8. The van der Waals surface area contributed by atoms with Crippen molar-refractivity contribution in [2.24, 2.45) is 0 Å². The second-order valence-electron chi connectivity index (χ2n) is 10.1. The van der Waals surface area contributed by atoms with E-state index in [1.165, 1.54) is 13.2 Å². The zero-order valence-electron chi connectivity index (χ0n) is 21.0. The highest BCUT2D eigenvalue weighted by Gasteiger charge is 2.45. The van der Waals surface area contributed by atoms with Gasteiger partial charge in [0.25, 0.3) is 5.91 Å². The summed E-state index contributed by atoms with van der Waals surface area (Å²) in [7, 11) is 1.34. The fourth-order valence-corrected chi connectivity index (χ4v) is 5.88. The predicted molar refractivity (Wildman–Crippen MR) is 138 cm³/mol. The summed E-state index contributed by atoms with van der Waals surface area (Å²) in [6.07, 6.45) is 4.35. The Morgan fingerprint density at radius 1 is 1.03 bits per heavy atom. The molecule has 1 atom stereocenters. The van der Waals surface area contributed by atoms with Gasteiger partial charge in [-0.2, -0.15) is 0 Å². The van der Waals surface area contributed by atoms with Gasteiger partial charge in [0.15, 0.2) is 11.6 Å². The van der Waals surface area contributed by atoms with Crippen LogP contribution in [0.5, 0.6) is 0 Å². The maximum absolute atomic E-state index is 14.0. The number of hydrogen-bond donors (Lipinski definition) is 1. The van der Waals surface area contributed by atoms with Gasteiger partial charge in [0.05, 0.1) is 30.0 Å². The van der Waals surface area contributed by atoms with Gasteiger partial charge in [0.1, 0.15) is 0 Å². The molecule has 1 aliphatic carbocycles. The lowest BCUT2D eigenvalue weighted by molar-refractivity contribution is 0.0600. The number of amides is 1. The van der Waals surface area contributed by atoms with Crippen molar-refractivity contribution in [2.75, 3.05) is 18.6 Å². The van der Waals surface area contributed by atoms with Gasteiger partial charge >= 0.3 is 5.97 Å². The van der Waals surface area contributed by atoms with Crippen LogP contribution in [0.4, 0.5) is 14.5 Å². The number of ether oxygens (including phenoxy) is 1. The average molecular weight is 505 g/mol. The zero-order valence-corrected chi connectivity index (χ0v) is 21.0. The monoisotopic (exact) mass is 504 g/mol. The second-order valence-corrected chi connectivity index (χ2v) is 10.1. The summed E-state index contributed by atoms with van der Waals surface area (Å²) in [4.78, 5) is 27.5. The Kier molecular flexibility index (Phi) is 6.71. The van der Waals surface area contributed by atoms with E-state index < -0.39 is 17.6 Å². The lowest BCUT2D eigenvalue weighted by Crippen LogP contribution is -2.32. The molecule has 3 aromatic carbocycles. The van der Waals surface area contributed by atoms with E-state index in [1.807, 2.05) is 19.1 Å². The summed E-state index contributed by atoms with van der Waals surface area (Å²) in [6, 6.07) is 16.5. The molecule has 1 saturated carbocycles. The molecule has 0 saturated heterocycles. The van der Waals surface area contributed by atoms with Crippen LogP contribution in [0.25, 0.3) is 0 Å². The van der Waals surface area contributed by atoms with E-state index in [2.05, 4.69) is 16.3 Å². The van der Waals surface area contributed by atoms with Gasteiger partial charge in [-0.25, -0.2) is 13.6 Å². The highest BCUT2D eigenvalue weighted by molar-refractivity contribution is 6.01. The van der Waals surface area contributed by atoms with Gasteiger partial charge in [-0.1, -0.05) is 43.2 Å². The average Bonchev–Trinajstić information content (AvgIpc) is 3.50. The SMILES string of the molecule is COC(=O)c1ccc([C@H](C)NC(=O)c2cccc3c2N(Cc2ccc(F)c(F)c2)CC32CCCC2)cc1. The third kappa shape index (κ3) is 4.70. The van der Waals surface area contributed by atoms with Crippen molar-refractivity contribution in [3.63, 3.8) is 0 Å². The molecule has 1 heterocycles. The Hall–Kier alpha value is -3.74. The first kappa shape index (κ1) is 24.9. The van der Waals surface area contributed by atoms with E-state index in [-0.39, 0.29) is 17.4 Å². The molecule has 1 N–H and O–H groups in total. The summed E-state index contributed by atoms with van der Waals surface area (Å²) in [5.74, 6) is -2.35. The number of esters is 1. The lowest BCUT2D eigenvalue weighted by atomic mass is 9.80. The molecule has 0 aromatic heterocycles. The van der Waals surface area contributed by atoms with Crippen LogP contribution in [0, 0.1) is 11.6 Å². The number of anilines is 1. The van der Waals surface area contributed by atoms with E-state index in [1.54, 1.807) is 30.3 Å². The Labute approximate surface area is 215 Å². The van der Waals surface area contributed by atoms with Crippen molar-refractivity contribution in [3.05, 3.63) is 100 Å². The number of hydrogen-bond acceptors (Lipinski definition) is 4. The van der Waals surface area contributed by atoms with Crippen LogP contribution in [0.15, 0.2) is 60.7 Å². The van der Waals surface area contributed by atoms with Crippen LogP contribution in [0.3, 0.4) is 0 Å². The lowest BCUT2D eigenvalue weighted by Gasteiger charge is -2.26. The number of fused-ring (bicyclic) bond motifs is 2. The van der Waals surface area contributed by atoms with Gasteiger partial charge in [-0.05, 0) is 66.8 Å². The molecule has 0 bridgehead atoms. The normalized spacial score (nSPS) is 16.5. The van der Waals surface area contributed by atoms with Crippen LogP contribution >= 0.6 is 0 Å². The fraction of sp³-hybridized carbons (Fsp3) is 0.333. The minimum atomic E-state index is -0.870. The van der Waals surface area contributed by atoms with Crippen molar-refractivity contribution in [2.45, 2.75) is 50.6 Å². The summed E-state index contributed by atoms with van der Waals surface area (Å²) in [5.41, 5.74) is 4.55. The van der Waals surface area contributed by atoms with Crippen molar-refractivity contribution < 1.29 is 23.1 Å². The highest BCUT2D eigenvalue weighted by Crippen LogP contribution is 2.52. The maximum atomic E-state index is 14.0. The van der Waals surface area contributed by atoms with Crippen molar-refractivity contribution in [1.82, 2.24) is 5.32 Å². The van der Waals surface area contributed by atoms with Crippen molar-refractivity contribution in [1.29, 1.82) is 0 Å². The van der Waals surface area contributed by atoms with E-state index in [9.17, 15) is 18.4 Å². The highest BCUT2D eigenvalue weighted by atomic mass is 19.2. The number of nitrogens with one attached hydrogen (secondary N) is 1. The first-order valence-corrected chi connectivity index (χ1v) is 12.6. The van der Waals surface area contributed by atoms with Crippen LogP contribution in [0.1, 0.15) is 76.1 Å². The number of carbonyl (C=O) groups is 2. The summed E-state index contributed by atoms with van der Waals surface area (Å²) in [5, 5.41) is 3.09. The Morgan fingerprint density at radius 2 is 1.76 bits per heavy atom. The molecule has 0 radical (unpaired) electrons. The van der Waals surface area contributed by atoms with Gasteiger partial charge in [0, 0.05) is 18.5 Å². The maximum Gasteiger partial charge on any atom is 0.337 e. The second kappa shape index (κ2) is 9.96. The summed E-state index contributed by atoms with van der Waals surface area (Å²) in [6.45, 7) is 3.03. The first-order valence-electron chi connectivity index (χ1n) is 12.6. The molecule has 1 fully saturated rings. The molecule has 7 heteroatoms. The van der Waals surface area contributed by atoms with E-state index in [0.717, 1.165) is 55.1 Å². The van der Waals surface area contributed by atoms with E-state index in [4.69, 9.17) is 4.74 Å². The molecule has 192 valence electrons. The molecule has 1 amide bonds. The fourth-order valence-electron chi connectivity index (χ4n) is 5.88. The number of carbonyl (C=O) groups excluding carboxylic acids is 2. The quantitative estimate of drug-likeness (QED) is 0.414. The van der Waals surface area contributed by atoms with Crippen LogP contribution in [-0.2, 0) is 16.7 Å². The number of methoxy groups -OCH3 is 1.